The third-order valence-corrected chi connectivity index (χ3v) is 4.05. The van der Waals surface area contributed by atoms with Crippen LogP contribution in [0.5, 0.6) is 0 Å². The van der Waals surface area contributed by atoms with Gasteiger partial charge in [-0.05, 0) is 12.0 Å². The molecule has 1 spiro atoms. The van der Waals surface area contributed by atoms with Gasteiger partial charge in [-0.15, -0.1) is 0 Å². The van der Waals surface area contributed by atoms with E-state index in [0.717, 1.165) is 6.42 Å². The van der Waals surface area contributed by atoms with Crippen LogP contribution in [-0.2, 0) is 19.0 Å². The van der Waals surface area contributed by atoms with Crippen LogP contribution in [0.3, 0.4) is 0 Å². The summed E-state index contributed by atoms with van der Waals surface area (Å²) in [5, 5.41) is 10.5. The van der Waals surface area contributed by atoms with Gasteiger partial charge in [-0.2, -0.15) is 0 Å². The van der Waals surface area contributed by atoms with Gasteiger partial charge in [-0.3, -0.25) is 0 Å². The van der Waals surface area contributed by atoms with Gasteiger partial charge in [0, 0.05) is 18.8 Å². The van der Waals surface area contributed by atoms with Crippen LogP contribution in [0, 0.1) is 11.8 Å². The monoisotopic (exact) mass is 254 g/mol. The molecule has 1 aliphatic carbocycles. The summed E-state index contributed by atoms with van der Waals surface area (Å²) in [5.74, 6) is -1.35. The van der Waals surface area contributed by atoms with Crippen LogP contribution in [-0.4, -0.2) is 42.3 Å². The predicted molar refractivity (Wildman–Crippen MR) is 61.6 cm³/mol. The number of rotatable bonds is 0. The van der Waals surface area contributed by atoms with Crippen LogP contribution in [0.4, 0.5) is 0 Å². The highest BCUT2D eigenvalue weighted by Gasteiger charge is 2.54. The molecule has 3 rings (SSSR count). The Morgan fingerprint density at radius 1 is 1.33 bits per heavy atom. The standard InChI is InChI=1S/C13H18O5/c1-9-2-3-13(15)10(8-16-11(13)14)7-12(6-9)17-4-5-18-12/h2-3,9-10,15H,4-8H2,1H3/b3-2-/t9-,10-,13+/m0/s1. The Morgan fingerprint density at radius 2 is 2.06 bits per heavy atom. The summed E-state index contributed by atoms with van der Waals surface area (Å²) >= 11 is 0. The summed E-state index contributed by atoms with van der Waals surface area (Å²) in [4.78, 5) is 11.7. The number of hydrogen-bond donors (Lipinski definition) is 1. The maximum Gasteiger partial charge on any atom is 0.342 e. The average Bonchev–Trinajstić information content (AvgIpc) is 2.87. The van der Waals surface area contributed by atoms with Crippen molar-refractivity contribution in [3.63, 3.8) is 0 Å². The molecule has 3 aliphatic rings. The number of carbonyl (C=O) groups excluding carboxylic acids is 1. The van der Waals surface area contributed by atoms with Crippen LogP contribution >= 0.6 is 0 Å². The third-order valence-electron chi connectivity index (χ3n) is 4.05. The summed E-state index contributed by atoms with van der Waals surface area (Å²) in [7, 11) is 0. The molecule has 0 aromatic rings. The fourth-order valence-electron chi connectivity index (χ4n) is 3.07. The highest BCUT2D eigenvalue weighted by Crippen LogP contribution is 2.42. The van der Waals surface area contributed by atoms with E-state index in [1.54, 1.807) is 6.08 Å². The molecule has 1 N–H and O–H groups in total. The number of fused-ring (bicyclic) bond motifs is 1. The normalized spacial score (nSPS) is 44.2. The summed E-state index contributed by atoms with van der Waals surface area (Å²) < 4.78 is 16.5. The molecular formula is C13H18O5. The molecule has 0 aromatic carbocycles. The molecule has 2 aliphatic heterocycles. The second-order valence-corrected chi connectivity index (χ2v) is 5.47. The summed E-state index contributed by atoms with van der Waals surface area (Å²) in [6, 6.07) is 0. The van der Waals surface area contributed by atoms with E-state index < -0.39 is 17.4 Å². The molecule has 100 valence electrons. The second-order valence-electron chi connectivity index (χ2n) is 5.47. The lowest BCUT2D eigenvalue weighted by molar-refractivity contribution is -0.188. The van der Waals surface area contributed by atoms with Crippen molar-refractivity contribution in [3.05, 3.63) is 12.2 Å². The van der Waals surface area contributed by atoms with Crippen LogP contribution in [0.25, 0.3) is 0 Å². The van der Waals surface area contributed by atoms with Crippen LogP contribution in [0.2, 0.25) is 0 Å². The zero-order chi connectivity index (χ0) is 12.8. The highest BCUT2D eigenvalue weighted by atomic mass is 16.7. The summed E-state index contributed by atoms with van der Waals surface area (Å²) in [6.45, 7) is 3.38. The van der Waals surface area contributed by atoms with Gasteiger partial charge in [0.05, 0.1) is 19.8 Å². The number of hydrogen-bond acceptors (Lipinski definition) is 5. The molecule has 0 saturated carbocycles. The Morgan fingerprint density at radius 3 is 2.78 bits per heavy atom. The Labute approximate surface area is 106 Å². The first-order valence-electron chi connectivity index (χ1n) is 6.41. The minimum absolute atomic E-state index is 0.182. The first-order chi connectivity index (χ1) is 8.54. The van der Waals surface area contributed by atoms with E-state index in [0.29, 0.717) is 19.6 Å². The molecule has 5 nitrogen and oxygen atoms in total. The van der Waals surface area contributed by atoms with Crippen LogP contribution < -0.4 is 0 Å². The number of carbonyl (C=O) groups is 1. The van der Waals surface area contributed by atoms with Gasteiger partial charge < -0.3 is 19.3 Å². The number of aliphatic hydroxyl groups is 1. The van der Waals surface area contributed by atoms with Crippen molar-refractivity contribution in [2.24, 2.45) is 11.8 Å². The fraction of sp³-hybridized carbons (Fsp3) is 0.769. The number of allylic oxidation sites excluding steroid dienone is 1. The fourth-order valence-corrected chi connectivity index (χ4v) is 3.07. The van der Waals surface area contributed by atoms with E-state index in [2.05, 4.69) is 0 Å². The van der Waals surface area contributed by atoms with Gasteiger partial charge in [-0.1, -0.05) is 13.0 Å². The van der Waals surface area contributed by atoms with Gasteiger partial charge in [0.15, 0.2) is 11.4 Å². The lowest BCUT2D eigenvalue weighted by Crippen LogP contribution is -2.46. The van der Waals surface area contributed by atoms with E-state index in [1.807, 2.05) is 13.0 Å². The second kappa shape index (κ2) is 4.05. The lowest BCUT2D eigenvalue weighted by Gasteiger charge is -2.36. The molecular weight excluding hydrogens is 236 g/mol. The summed E-state index contributed by atoms with van der Waals surface area (Å²) in [5.41, 5.74) is -1.52. The molecule has 0 unspecified atom stereocenters. The van der Waals surface area contributed by atoms with Crippen molar-refractivity contribution in [2.75, 3.05) is 19.8 Å². The Kier molecular flexibility index (Phi) is 2.73. The zero-order valence-electron chi connectivity index (χ0n) is 10.4. The van der Waals surface area contributed by atoms with Crippen molar-refractivity contribution in [2.45, 2.75) is 31.2 Å². The molecule has 0 bridgehead atoms. The molecule has 0 radical (unpaired) electrons. The first-order valence-corrected chi connectivity index (χ1v) is 6.41. The number of ether oxygens (including phenoxy) is 3. The Hall–Kier alpha value is -0.910. The van der Waals surface area contributed by atoms with Crippen LogP contribution in [0.1, 0.15) is 19.8 Å². The van der Waals surface area contributed by atoms with Crippen molar-refractivity contribution in [1.29, 1.82) is 0 Å². The molecule has 2 fully saturated rings. The summed E-state index contributed by atoms with van der Waals surface area (Å²) in [6.07, 6.45) is 4.67. The topological polar surface area (TPSA) is 65.0 Å². The molecule has 18 heavy (non-hydrogen) atoms. The van der Waals surface area contributed by atoms with Crippen molar-refractivity contribution in [3.8, 4) is 0 Å². The highest BCUT2D eigenvalue weighted by molar-refractivity contribution is 5.84. The van der Waals surface area contributed by atoms with Crippen molar-refractivity contribution in [1.82, 2.24) is 0 Å². The van der Waals surface area contributed by atoms with E-state index in [9.17, 15) is 9.90 Å². The maximum atomic E-state index is 11.7. The smallest absolute Gasteiger partial charge is 0.342 e. The van der Waals surface area contributed by atoms with E-state index in [1.165, 1.54) is 0 Å². The lowest BCUT2D eigenvalue weighted by atomic mass is 9.79. The zero-order valence-corrected chi connectivity index (χ0v) is 10.4. The largest absolute Gasteiger partial charge is 0.463 e. The number of esters is 1. The average molecular weight is 254 g/mol. The molecule has 2 heterocycles. The van der Waals surface area contributed by atoms with E-state index >= 15 is 0 Å². The molecule has 3 atom stereocenters. The van der Waals surface area contributed by atoms with Gasteiger partial charge in [-0.25, -0.2) is 4.79 Å². The molecule has 0 amide bonds. The van der Waals surface area contributed by atoms with Gasteiger partial charge in [0.1, 0.15) is 0 Å². The minimum Gasteiger partial charge on any atom is -0.463 e. The predicted octanol–water partition coefficient (Wildman–Crippen LogP) is 0.620. The Bertz CT molecular complexity index is 385. The third kappa shape index (κ3) is 1.77. The van der Waals surface area contributed by atoms with E-state index in [4.69, 9.17) is 14.2 Å². The molecule has 0 aromatic heterocycles. The van der Waals surface area contributed by atoms with Gasteiger partial charge >= 0.3 is 5.97 Å². The maximum absolute atomic E-state index is 11.7. The SMILES string of the molecule is C[C@H]1/C=C\[C@]2(O)C(=O)OC[C@@H]2CC2(C1)OCCO2. The quantitative estimate of drug-likeness (QED) is 0.507. The van der Waals surface area contributed by atoms with Crippen molar-refractivity contribution >= 4 is 5.97 Å². The molecule has 5 heteroatoms. The van der Waals surface area contributed by atoms with Crippen molar-refractivity contribution < 1.29 is 24.1 Å². The van der Waals surface area contributed by atoms with E-state index in [-0.39, 0.29) is 18.4 Å². The number of cyclic esters (lactones) is 1. The minimum atomic E-state index is -1.52. The Balaban J connectivity index is 1.94. The first kappa shape index (κ1) is 12.1. The van der Waals surface area contributed by atoms with Gasteiger partial charge in [0.2, 0.25) is 0 Å². The molecule has 2 saturated heterocycles. The van der Waals surface area contributed by atoms with Crippen LogP contribution in [0.15, 0.2) is 12.2 Å². The van der Waals surface area contributed by atoms with Gasteiger partial charge in [0.25, 0.3) is 0 Å².